The van der Waals surface area contributed by atoms with Crippen molar-refractivity contribution in [3.05, 3.63) is 69.2 Å². The van der Waals surface area contributed by atoms with Crippen LogP contribution in [0.2, 0.25) is 0 Å². The molecule has 0 saturated carbocycles. The molecule has 1 aliphatic carbocycles. The number of ketones is 2. The van der Waals surface area contributed by atoms with Gasteiger partial charge in [-0.1, -0.05) is 6.07 Å². The zero-order chi connectivity index (χ0) is 27.1. The fourth-order valence-electron chi connectivity index (χ4n) is 4.61. The first-order valence-electron chi connectivity index (χ1n) is 12.6. The molecule has 0 unspecified atom stereocenters. The first-order chi connectivity index (χ1) is 18.4. The third-order valence-electron chi connectivity index (χ3n) is 6.68. The van der Waals surface area contributed by atoms with Crippen LogP contribution in [-0.4, -0.2) is 78.5 Å². The molecule has 1 aromatic carbocycles. The highest BCUT2D eigenvalue weighted by Gasteiger charge is 2.34. The first kappa shape index (κ1) is 26.7. The molecule has 1 fully saturated rings. The van der Waals surface area contributed by atoms with Crippen LogP contribution in [0.5, 0.6) is 0 Å². The Labute approximate surface area is 220 Å². The monoisotopic (exact) mass is 521 g/mol. The van der Waals surface area contributed by atoms with Crippen LogP contribution in [0, 0.1) is 10.1 Å². The van der Waals surface area contributed by atoms with Crippen molar-refractivity contribution in [1.29, 1.82) is 0 Å². The molecular formula is C26H31N7O5. The van der Waals surface area contributed by atoms with Crippen LogP contribution >= 0.6 is 0 Å². The van der Waals surface area contributed by atoms with E-state index in [4.69, 9.17) is 5.73 Å². The summed E-state index contributed by atoms with van der Waals surface area (Å²) in [5.41, 5.74) is 5.53. The number of hydrogen-bond donors (Lipinski definition) is 3. The summed E-state index contributed by atoms with van der Waals surface area (Å²) >= 11 is 0. The molecular weight excluding hydrogens is 490 g/mol. The SMILES string of the molecule is NC1=C(NCCCN2CCN(c3ccccn3)CC2)C(=O)c2cc(NCCCC=O)c([N+](=O)[O-])cc2C1=O. The lowest BCUT2D eigenvalue weighted by molar-refractivity contribution is -0.384. The van der Waals surface area contributed by atoms with Gasteiger partial charge in [0.25, 0.3) is 5.69 Å². The number of aldehydes is 1. The Morgan fingerprint density at radius 1 is 1.03 bits per heavy atom. The Hall–Kier alpha value is -4.32. The van der Waals surface area contributed by atoms with Crippen LogP contribution in [0.1, 0.15) is 40.0 Å². The maximum absolute atomic E-state index is 13.2. The van der Waals surface area contributed by atoms with E-state index in [1.54, 1.807) is 6.20 Å². The van der Waals surface area contributed by atoms with Gasteiger partial charge in [0.15, 0.2) is 0 Å². The molecule has 0 bridgehead atoms. The van der Waals surface area contributed by atoms with Crippen LogP contribution < -0.4 is 21.3 Å². The molecule has 2 aromatic rings. The van der Waals surface area contributed by atoms with Gasteiger partial charge in [-0.2, -0.15) is 0 Å². The molecule has 2 aliphatic rings. The largest absolute Gasteiger partial charge is 0.394 e. The molecule has 12 heteroatoms. The van der Waals surface area contributed by atoms with Gasteiger partial charge in [-0.05, 0) is 37.6 Å². The van der Waals surface area contributed by atoms with Crippen molar-refractivity contribution < 1.29 is 19.3 Å². The number of carbonyl (C=O) groups is 3. The number of rotatable bonds is 12. The quantitative estimate of drug-likeness (QED) is 0.161. The average molecular weight is 522 g/mol. The summed E-state index contributed by atoms with van der Waals surface area (Å²) in [7, 11) is 0. The summed E-state index contributed by atoms with van der Waals surface area (Å²) in [6.45, 7) is 5.11. The van der Waals surface area contributed by atoms with E-state index >= 15 is 0 Å². The molecule has 1 saturated heterocycles. The van der Waals surface area contributed by atoms with Crippen molar-refractivity contribution in [3.63, 3.8) is 0 Å². The second-order valence-corrected chi connectivity index (χ2v) is 9.15. The van der Waals surface area contributed by atoms with Gasteiger partial charge < -0.3 is 26.1 Å². The summed E-state index contributed by atoms with van der Waals surface area (Å²) in [4.78, 5) is 56.6. The number of Topliss-reactive ketones (excluding diaryl/α,β-unsaturated/α-hetero) is 2. The number of unbranched alkanes of at least 4 members (excludes halogenated alkanes) is 1. The lowest BCUT2D eigenvalue weighted by Gasteiger charge is -2.35. The van der Waals surface area contributed by atoms with E-state index in [-0.39, 0.29) is 33.9 Å². The Morgan fingerprint density at radius 3 is 2.45 bits per heavy atom. The van der Waals surface area contributed by atoms with Gasteiger partial charge in [0.1, 0.15) is 29.2 Å². The number of nitrogens with two attached hydrogens (primary N) is 1. The number of nitrogens with one attached hydrogen (secondary N) is 2. The predicted molar refractivity (Wildman–Crippen MR) is 142 cm³/mol. The number of benzene rings is 1. The molecule has 200 valence electrons. The van der Waals surface area contributed by atoms with E-state index in [0.29, 0.717) is 25.9 Å². The van der Waals surface area contributed by atoms with Crippen molar-refractivity contribution in [2.45, 2.75) is 19.3 Å². The van der Waals surface area contributed by atoms with Gasteiger partial charge in [0.2, 0.25) is 11.6 Å². The van der Waals surface area contributed by atoms with E-state index in [1.807, 2.05) is 18.2 Å². The smallest absolute Gasteiger partial charge is 0.293 e. The molecule has 0 atom stereocenters. The number of allylic oxidation sites excluding steroid dienone is 2. The molecule has 2 heterocycles. The number of pyridine rings is 1. The number of nitrogens with zero attached hydrogens (tertiary/aromatic N) is 4. The Balaban J connectivity index is 1.35. The van der Waals surface area contributed by atoms with E-state index in [0.717, 1.165) is 57.3 Å². The van der Waals surface area contributed by atoms with Gasteiger partial charge in [-0.15, -0.1) is 0 Å². The third kappa shape index (κ3) is 5.97. The summed E-state index contributed by atoms with van der Waals surface area (Å²) in [5.74, 6) is -0.128. The Kier molecular flexibility index (Phi) is 8.64. The molecule has 4 N–H and O–H groups in total. The minimum atomic E-state index is -0.622. The van der Waals surface area contributed by atoms with Crippen LogP contribution in [0.25, 0.3) is 0 Å². The summed E-state index contributed by atoms with van der Waals surface area (Å²) in [6.07, 6.45) is 4.06. The van der Waals surface area contributed by atoms with E-state index in [2.05, 4.69) is 25.4 Å². The number of fused-ring (bicyclic) bond motifs is 1. The van der Waals surface area contributed by atoms with Gasteiger partial charge >= 0.3 is 0 Å². The van der Waals surface area contributed by atoms with Crippen LogP contribution in [-0.2, 0) is 4.79 Å². The zero-order valence-electron chi connectivity index (χ0n) is 21.0. The van der Waals surface area contributed by atoms with Crippen molar-refractivity contribution in [1.82, 2.24) is 15.2 Å². The van der Waals surface area contributed by atoms with Gasteiger partial charge in [0, 0.05) is 69.1 Å². The van der Waals surface area contributed by atoms with Crippen molar-refractivity contribution >= 4 is 35.0 Å². The summed E-state index contributed by atoms with van der Waals surface area (Å²) < 4.78 is 0. The molecule has 0 spiro atoms. The van der Waals surface area contributed by atoms with Crippen LogP contribution in [0.3, 0.4) is 0 Å². The first-order valence-corrected chi connectivity index (χ1v) is 12.6. The molecule has 12 nitrogen and oxygen atoms in total. The maximum Gasteiger partial charge on any atom is 0.293 e. The zero-order valence-corrected chi connectivity index (χ0v) is 21.0. The van der Waals surface area contributed by atoms with Crippen molar-refractivity contribution in [3.8, 4) is 0 Å². The minimum Gasteiger partial charge on any atom is -0.394 e. The predicted octanol–water partition coefficient (Wildman–Crippen LogP) is 1.73. The van der Waals surface area contributed by atoms with Gasteiger partial charge in [-0.3, -0.25) is 24.6 Å². The minimum absolute atomic E-state index is 0.0169. The highest BCUT2D eigenvalue weighted by Crippen LogP contribution is 2.33. The fourth-order valence-corrected chi connectivity index (χ4v) is 4.61. The number of nitro benzene ring substituents is 1. The van der Waals surface area contributed by atoms with E-state index < -0.39 is 16.5 Å². The standard InChI is InChI=1S/C26H31N7O5/c27-23-24(30-9-5-10-31-11-13-32(14-12-31)22-6-1-2-8-29-22)26(36)18-16-20(28-7-3-4-15-34)21(33(37)38)17-19(18)25(23)35/h1-2,6,8,15-17,28,30H,3-5,7,9-14,27H2. The second kappa shape index (κ2) is 12.3. The molecule has 0 radical (unpaired) electrons. The fraction of sp³-hybridized carbons (Fsp3) is 0.385. The van der Waals surface area contributed by atoms with Crippen LogP contribution in [0.4, 0.5) is 17.2 Å². The van der Waals surface area contributed by atoms with E-state index in [9.17, 15) is 24.5 Å². The molecule has 0 amide bonds. The highest BCUT2D eigenvalue weighted by molar-refractivity contribution is 6.27. The highest BCUT2D eigenvalue weighted by atomic mass is 16.6. The topological polar surface area (TPSA) is 164 Å². The van der Waals surface area contributed by atoms with Crippen LogP contribution in [0.15, 0.2) is 47.9 Å². The van der Waals surface area contributed by atoms with Gasteiger partial charge in [-0.25, -0.2) is 4.98 Å². The Bertz CT molecular complexity index is 1240. The number of nitro groups is 1. The summed E-state index contributed by atoms with van der Waals surface area (Å²) in [5, 5.41) is 17.5. The Morgan fingerprint density at radius 2 is 1.76 bits per heavy atom. The summed E-state index contributed by atoms with van der Waals surface area (Å²) in [6, 6.07) is 8.29. The number of hydrogen-bond acceptors (Lipinski definition) is 11. The number of anilines is 2. The lowest BCUT2D eigenvalue weighted by atomic mass is 9.89. The van der Waals surface area contributed by atoms with Crippen molar-refractivity contribution in [2.24, 2.45) is 5.73 Å². The third-order valence-corrected chi connectivity index (χ3v) is 6.68. The molecule has 1 aliphatic heterocycles. The molecule has 4 rings (SSSR count). The van der Waals surface area contributed by atoms with E-state index in [1.165, 1.54) is 6.07 Å². The second-order valence-electron chi connectivity index (χ2n) is 9.15. The number of carbonyl (C=O) groups excluding carboxylic acids is 3. The lowest BCUT2D eigenvalue weighted by Crippen LogP contribution is -2.47. The van der Waals surface area contributed by atoms with Gasteiger partial charge in [0.05, 0.1) is 4.92 Å². The number of aromatic nitrogens is 1. The molecule has 1 aromatic heterocycles. The average Bonchev–Trinajstić information content (AvgIpc) is 2.94. The number of piperazine rings is 1. The normalized spacial score (nSPS) is 15.8. The van der Waals surface area contributed by atoms with Crippen molar-refractivity contribution in [2.75, 3.05) is 56.0 Å². The molecule has 38 heavy (non-hydrogen) atoms. The maximum atomic E-state index is 13.2.